The summed E-state index contributed by atoms with van der Waals surface area (Å²) < 4.78 is 0. The maximum absolute atomic E-state index is 9.02. The zero-order valence-corrected chi connectivity index (χ0v) is 8.25. The van der Waals surface area contributed by atoms with Crippen molar-refractivity contribution in [1.82, 2.24) is 10.2 Å². The van der Waals surface area contributed by atoms with Crippen molar-refractivity contribution in [3.63, 3.8) is 0 Å². The molecule has 2 N–H and O–H groups in total. The van der Waals surface area contributed by atoms with Crippen LogP contribution in [0.3, 0.4) is 0 Å². The molecule has 1 saturated heterocycles. The van der Waals surface area contributed by atoms with E-state index in [1.807, 2.05) is 0 Å². The molecule has 0 amide bonds. The molecule has 3 nitrogen and oxygen atoms in total. The minimum Gasteiger partial charge on any atom is -0.395 e. The summed E-state index contributed by atoms with van der Waals surface area (Å²) in [5.74, 6) is 0. The number of likely N-dealkylation sites (N-methyl/N-ethyl adjacent to an activating group) is 1. The first-order valence-corrected chi connectivity index (χ1v) is 4.70. The van der Waals surface area contributed by atoms with Crippen LogP contribution in [-0.2, 0) is 0 Å². The summed E-state index contributed by atoms with van der Waals surface area (Å²) in [6, 6.07) is 1.47. The summed E-state index contributed by atoms with van der Waals surface area (Å²) in [7, 11) is 2.07. The molecule has 0 radical (unpaired) electrons. The summed E-state index contributed by atoms with van der Waals surface area (Å²) in [5.41, 5.74) is 0. The minimum absolute atomic E-state index is 0.284. The molecule has 1 fully saturated rings. The van der Waals surface area contributed by atoms with Crippen molar-refractivity contribution >= 4 is 0 Å². The predicted molar refractivity (Wildman–Crippen MR) is 50.2 cm³/mol. The van der Waals surface area contributed by atoms with Gasteiger partial charge in [0.1, 0.15) is 0 Å². The first-order chi connectivity index (χ1) is 5.63. The monoisotopic (exact) mass is 172 g/mol. The number of aliphatic hydroxyl groups excluding tert-OH is 1. The SMILES string of the molecule is CC(C)NC1CC(CO)N(C)C1. The van der Waals surface area contributed by atoms with Gasteiger partial charge >= 0.3 is 0 Å². The van der Waals surface area contributed by atoms with Crippen LogP contribution in [0.25, 0.3) is 0 Å². The third-order valence-corrected chi connectivity index (χ3v) is 2.47. The molecule has 1 aliphatic heterocycles. The van der Waals surface area contributed by atoms with Crippen LogP contribution in [0.15, 0.2) is 0 Å². The van der Waals surface area contributed by atoms with Gasteiger partial charge in [0, 0.05) is 24.7 Å². The zero-order chi connectivity index (χ0) is 9.14. The lowest BCUT2D eigenvalue weighted by Gasteiger charge is -2.15. The van der Waals surface area contributed by atoms with E-state index < -0.39 is 0 Å². The lowest BCUT2D eigenvalue weighted by Crippen LogP contribution is -2.36. The quantitative estimate of drug-likeness (QED) is 0.631. The van der Waals surface area contributed by atoms with Gasteiger partial charge in [0.15, 0.2) is 0 Å². The van der Waals surface area contributed by atoms with Crippen LogP contribution in [0.2, 0.25) is 0 Å². The Morgan fingerprint density at radius 1 is 1.58 bits per heavy atom. The third kappa shape index (κ3) is 2.44. The molecule has 0 spiro atoms. The molecule has 72 valence electrons. The van der Waals surface area contributed by atoms with Crippen LogP contribution in [-0.4, -0.2) is 48.3 Å². The van der Waals surface area contributed by atoms with E-state index in [0.29, 0.717) is 18.1 Å². The molecule has 2 atom stereocenters. The maximum atomic E-state index is 9.02. The molecule has 0 aromatic rings. The van der Waals surface area contributed by atoms with Gasteiger partial charge in [-0.3, -0.25) is 4.90 Å². The van der Waals surface area contributed by atoms with E-state index in [1.165, 1.54) is 0 Å². The maximum Gasteiger partial charge on any atom is 0.0587 e. The van der Waals surface area contributed by atoms with E-state index in [9.17, 15) is 0 Å². The van der Waals surface area contributed by atoms with E-state index in [0.717, 1.165) is 13.0 Å². The summed E-state index contributed by atoms with van der Waals surface area (Å²) in [4.78, 5) is 2.22. The summed E-state index contributed by atoms with van der Waals surface area (Å²) >= 11 is 0. The Kier molecular flexibility index (Phi) is 3.50. The van der Waals surface area contributed by atoms with Crippen molar-refractivity contribution in [2.24, 2.45) is 0 Å². The molecule has 0 saturated carbocycles. The Morgan fingerprint density at radius 3 is 2.67 bits per heavy atom. The number of nitrogens with zero attached hydrogens (tertiary/aromatic N) is 1. The minimum atomic E-state index is 0.284. The summed E-state index contributed by atoms with van der Waals surface area (Å²) in [6.07, 6.45) is 1.07. The third-order valence-electron chi connectivity index (χ3n) is 2.47. The smallest absolute Gasteiger partial charge is 0.0587 e. The van der Waals surface area contributed by atoms with Crippen LogP contribution in [0.4, 0.5) is 0 Å². The molecule has 3 heteroatoms. The predicted octanol–water partition coefficient (Wildman–Crippen LogP) is 0.0494. The highest BCUT2D eigenvalue weighted by Crippen LogP contribution is 2.15. The summed E-state index contributed by atoms with van der Waals surface area (Å²) in [5, 5.41) is 12.5. The normalized spacial score (nSPS) is 31.8. The second kappa shape index (κ2) is 4.21. The van der Waals surface area contributed by atoms with Crippen molar-refractivity contribution in [2.45, 2.75) is 38.4 Å². The van der Waals surface area contributed by atoms with Crippen molar-refractivity contribution in [3.05, 3.63) is 0 Å². The molecule has 0 aliphatic carbocycles. The van der Waals surface area contributed by atoms with Crippen molar-refractivity contribution in [3.8, 4) is 0 Å². The Morgan fingerprint density at radius 2 is 2.25 bits per heavy atom. The number of nitrogens with one attached hydrogen (secondary N) is 1. The van der Waals surface area contributed by atoms with Gasteiger partial charge in [-0.05, 0) is 13.5 Å². The highest BCUT2D eigenvalue weighted by molar-refractivity contribution is 4.87. The lowest BCUT2D eigenvalue weighted by molar-refractivity contribution is 0.182. The van der Waals surface area contributed by atoms with E-state index in [4.69, 9.17) is 5.11 Å². The first kappa shape index (κ1) is 9.96. The Balaban J connectivity index is 2.33. The van der Waals surface area contributed by atoms with Crippen LogP contribution < -0.4 is 5.32 Å². The highest BCUT2D eigenvalue weighted by Gasteiger charge is 2.28. The van der Waals surface area contributed by atoms with Gasteiger partial charge in [-0.15, -0.1) is 0 Å². The van der Waals surface area contributed by atoms with Gasteiger partial charge in [-0.1, -0.05) is 13.8 Å². The molecular formula is C9H20N2O. The molecule has 0 aromatic carbocycles. The molecule has 0 aromatic heterocycles. The Labute approximate surface area is 74.8 Å². The van der Waals surface area contributed by atoms with Gasteiger partial charge in [0.05, 0.1) is 6.61 Å². The molecule has 0 bridgehead atoms. The highest BCUT2D eigenvalue weighted by atomic mass is 16.3. The number of hydrogen-bond donors (Lipinski definition) is 2. The van der Waals surface area contributed by atoms with Crippen molar-refractivity contribution < 1.29 is 5.11 Å². The first-order valence-electron chi connectivity index (χ1n) is 4.70. The van der Waals surface area contributed by atoms with Crippen LogP contribution in [0.5, 0.6) is 0 Å². The topological polar surface area (TPSA) is 35.5 Å². The fourth-order valence-electron chi connectivity index (χ4n) is 1.89. The fraction of sp³-hybridized carbons (Fsp3) is 1.00. The fourth-order valence-corrected chi connectivity index (χ4v) is 1.89. The lowest BCUT2D eigenvalue weighted by atomic mass is 10.1. The summed E-state index contributed by atoms with van der Waals surface area (Å²) in [6.45, 7) is 5.66. The van der Waals surface area contributed by atoms with Crippen LogP contribution in [0.1, 0.15) is 20.3 Å². The van der Waals surface area contributed by atoms with Crippen molar-refractivity contribution in [2.75, 3.05) is 20.2 Å². The van der Waals surface area contributed by atoms with E-state index >= 15 is 0 Å². The van der Waals surface area contributed by atoms with Gasteiger partial charge < -0.3 is 10.4 Å². The standard InChI is InChI=1S/C9H20N2O/c1-7(2)10-8-4-9(6-12)11(3)5-8/h7-10,12H,4-6H2,1-3H3. The molecule has 1 rings (SSSR count). The molecular weight excluding hydrogens is 152 g/mol. The number of aliphatic hydroxyl groups is 1. The molecule has 1 aliphatic rings. The molecule has 2 unspecified atom stereocenters. The van der Waals surface area contributed by atoms with Crippen LogP contribution in [0, 0.1) is 0 Å². The average molecular weight is 172 g/mol. The Hall–Kier alpha value is -0.120. The number of rotatable bonds is 3. The average Bonchev–Trinajstić information content (AvgIpc) is 2.29. The number of likely N-dealkylation sites (tertiary alicyclic amines) is 1. The van der Waals surface area contributed by atoms with Gasteiger partial charge in [-0.25, -0.2) is 0 Å². The van der Waals surface area contributed by atoms with Crippen molar-refractivity contribution in [1.29, 1.82) is 0 Å². The largest absolute Gasteiger partial charge is 0.395 e. The molecule has 12 heavy (non-hydrogen) atoms. The van der Waals surface area contributed by atoms with E-state index in [1.54, 1.807) is 0 Å². The van der Waals surface area contributed by atoms with E-state index in [2.05, 4.69) is 31.1 Å². The number of hydrogen-bond acceptors (Lipinski definition) is 3. The second-order valence-corrected chi connectivity index (χ2v) is 4.03. The van der Waals surface area contributed by atoms with Crippen LogP contribution >= 0.6 is 0 Å². The van der Waals surface area contributed by atoms with Gasteiger partial charge in [0.25, 0.3) is 0 Å². The second-order valence-electron chi connectivity index (χ2n) is 4.03. The van der Waals surface area contributed by atoms with Gasteiger partial charge in [-0.2, -0.15) is 0 Å². The Bertz CT molecular complexity index is 138. The van der Waals surface area contributed by atoms with E-state index in [-0.39, 0.29) is 6.61 Å². The molecule has 1 heterocycles. The zero-order valence-electron chi connectivity index (χ0n) is 8.25. The van der Waals surface area contributed by atoms with Gasteiger partial charge in [0.2, 0.25) is 0 Å².